The van der Waals surface area contributed by atoms with E-state index in [1.54, 1.807) is 12.1 Å². The SMILES string of the molecule is N#Cc1ccc(-n2c3ccc(N(c4ccccc4)c4ccccc4)cc3c3c4ccccc4ccc32)cc1C#N. The first kappa shape index (κ1) is 23.3. The molecule has 0 aliphatic rings. The van der Waals surface area contributed by atoms with Crippen molar-refractivity contribution in [2.75, 3.05) is 4.90 Å². The summed E-state index contributed by atoms with van der Waals surface area (Å²) in [6.07, 6.45) is 0. The number of hydrogen-bond donors (Lipinski definition) is 0. The number of benzene rings is 6. The van der Waals surface area contributed by atoms with Crippen LogP contribution in [0.4, 0.5) is 17.1 Å². The standard InChI is InChI=1S/C36H22N4/c37-23-26-15-17-30(21-27(26)24-38)40-34-20-18-31(39(28-10-3-1-4-11-28)29-12-5-2-6-13-29)22-33(34)36-32-14-8-7-9-25(32)16-19-35(36)40/h1-22H. The molecule has 1 heterocycles. The highest BCUT2D eigenvalue weighted by Crippen LogP contribution is 2.41. The minimum Gasteiger partial charge on any atom is -0.310 e. The molecule has 0 bridgehead atoms. The number of rotatable bonds is 4. The highest BCUT2D eigenvalue weighted by molar-refractivity contribution is 6.22. The molecule has 7 aromatic rings. The second-order valence-corrected chi connectivity index (χ2v) is 9.68. The molecule has 1 aromatic heterocycles. The third kappa shape index (κ3) is 3.68. The quantitative estimate of drug-likeness (QED) is 0.237. The molecule has 0 saturated carbocycles. The molecular formula is C36H22N4. The van der Waals surface area contributed by atoms with E-state index >= 15 is 0 Å². The molecule has 0 amide bonds. The van der Waals surface area contributed by atoms with Gasteiger partial charge in [-0.1, -0.05) is 66.7 Å². The van der Waals surface area contributed by atoms with E-state index in [2.05, 4.69) is 125 Å². The van der Waals surface area contributed by atoms with Crippen molar-refractivity contribution in [2.45, 2.75) is 0 Å². The van der Waals surface area contributed by atoms with Gasteiger partial charge >= 0.3 is 0 Å². The molecule has 0 saturated heterocycles. The summed E-state index contributed by atoms with van der Waals surface area (Å²) in [5, 5.41) is 23.8. The van der Waals surface area contributed by atoms with Gasteiger partial charge in [0.25, 0.3) is 0 Å². The third-order valence-corrected chi connectivity index (χ3v) is 7.43. The fraction of sp³-hybridized carbons (Fsp3) is 0. The smallest absolute Gasteiger partial charge is 0.101 e. The van der Waals surface area contributed by atoms with Crippen LogP contribution >= 0.6 is 0 Å². The minimum atomic E-state index is 0.367. The topological polar surface area (TPSA) is 55.8 Å². The molecule has 0 spiro atoms. The van der Waals surface area contributed by atoms with Crippen molar-refractivity contribution in [1.29, 1.82) is 10.5 Å². The Morgan fingerprint density at radius 1 is 0.500 bits per heavy atom. The summed E-state index contributed by atoms with van der Waals surface area (Å²) in [5.41, 5.74) is 6.87. The van der Waals surface area contributed by atoms with Gasteiger partial charge in [0.1, 0.15) is 12.1 Å². The molecule has 0 N–H and O–H groups in total. The summed E-state index contributed by atoms with van der Waals surface area (Å²) in [6.45, 7) is 0. The van der Waals surface area contributed by atoms with E-state index in [1.165, 1.54) is 10.8 Å². The van der Waals surface area contributed by atoms with Crippen LogP contribution in [0.3, 0.4) is 0 Å². The van der Waals surface area contributed by atoms with Crippen LogP contribution in [0.5, 0.6) is 0 Å². The van der Waals surface area contributed by atoms with Gasteiger partial charge in [-0.3, -0.25) is 0 Å². The maximum Gasteiger partial charge on any atom is 0.101 e. The third-order valence-electron chi connectivity index (χ3n) is 7.43. The Balaban J connectivity index is 1.57. The van der Waals surface area contributed by atoms with Gasteiger partial charge in [0, 0.05) is 33.5 Å². The first-order valence-electron chi connectivity index (χ1n) is 13.1. The second kappa shape index (κ2) is 9.48. The lowest BCUT2D eigenvalue weighted by atomic mass is 10.0. The second-order valence-electron chi connectivity index (χ2n) is 9.68. The van der Waals surface area contributed by atoms with E-state index in [0.29, 0.717) is 11.1 Å². The number of fused-ring (bicyclic) bond motifs is 5. The first-order valence-corrected chi connectivity index (χ1v) is 13.1. The van der Waals surface area contributed by atoms with Gasteiger partial charge in [0.2, 0.25) is 0 Å². The van der Waals surface area contributed by atoms with Crippen LogP contribution in [0.2, 0.25) is 0 Å². The average Bonchev–Trinajstić information content (AvgIpc) is 3.36. The Labute approximate surface area is 231 Å². The van der Waals surface area contributed by atoms with Crippen LogP contribution in [-0.4, -0.2) is 4.57 Å². The largest absolute Gasteiger partial charge is 0.310 e. The van der Waals surface area contributed by atoms with Crippen molar-refractivity contribution in [2.24, 2.45) is 0 Å². The molecule has 0 aliphatic carbocycles. The molecule has 0 atom stereocenters. The molecule has 6 aromatic carbocycles. The maximum atomic E-state index is 9.74. The zero-order valence-electron chi connectivity index (χ0n) is 21.5. The van der Waals surface area contributed by atoms with Gasteiger partial charge in [-0.2, -0.15) is 10.5 Å². The average molecular weight is 511 g/mol. The number of anilines is 3. The van der Waals surface area contributed by atoms with Crippen LogP contribution in [0.25, 0.3) is 38.3 Å². The van der Waals surface area contributed by atoms with E-state index in [1.807, 2.05) is 18.2 Å². The summed E-state index contributed by atoms with van der Waals surface area (Å²) in [7, 11) is 0. The minimum absolute atomic E-state index is 0.367. The normalized spacial score (nSPS) is 10.9. The van der Waals surface area contributed by atoms with Gasteiger partial charge in [0.15, 0.2) is 0 Å². The molecule has 7 rings (SSSR count). The molecular weight excluding hydrogens is 488 g/mol. The zero-order valence-corrected chi connectivity index (χ0v) is 21.5. The predicted octanol–water partition coefficient (Wildman–Crippen LogP) is 9.15. The molecule has 4 heteroatoms. The summed E-state index contributed by atoms with van der Waals surface area (Å²) in [4.78, 5) is 2.27. The fourth-order valence-corrected chi connectivity index (χ4v) is 5.66. The van der Waals surface area contributed by atoms with Crippen LogP contribution < -0.4 is 4.90 Å². The number of aromatic nitrogens is 1. The molecule has 40 heavy (non-hydrogen) atoms. The fourth-order valence-electron chi connectivity index (χ4n) is 5.66. The van der Waals surface area contributed by atoms with Gasteiger partial charge in [-0.25, -0.2) is 0 Å². The van der Waals surface area contributed by atoms with E-state index in [-0.39, 0.29) is 0 Å². The van der Waals surface area contributed by atoms with Gasteiger partial charge < -0.3 is 9.47 Å². The van der Waals surface area contributed by atoms with Gasteiger partial charge in [-0.15, -0.1) is 0 Å². The number of hydrogen-bond acceptors (Lipinski definition) is 3. The highest BCUT2D eigenvalue weighted by Gasteiger charge is 2.19. The Morgan fingerprint density at radius 2 is 1.15 bits per heavy atom. The monoisotopic (exact) mass is 510 g/mol. The summed E-state index contributed by atoms with van der Waals surface area (Å²) in [5.74, 6) is 0. The zero-order chi connectivity index (χ0) is 27.1. The van der Waals surface area contributed by atoms with Gasteiger partial charge in [0.05, 0.1) is 22.2 Å². The lowest BCUT2D eigenvalue weighted by Gasteiger charge is -2.25. The lowest BCUT2D eigenvalue weighted by molar-refractivity contribution is 1.17. The molecule has 4 nitrogen and oxygen atoms in total. The summed E-state index contributed by atoms with van der Waals surface area (Å²) in [6, 6.07) is 49.8. The molecule has 186 valence electrons. The van der Waals surface area contributed by atoms with Crippen molar-refractivity contribution < 1.29 is 0 Å². The van der Waals surface area contributed by atoms with Gasteiger partial charge in [-0.05, 0) is 77.5 Å². The van der Waals surface area contributed by atoms with Crippen molar-refractivity contribution in [1.82, 2.24) is 4.57 Å². The Morgan fingerprint density at radius 3 is 1.85 bits per heavy atom. The van der Waals surface area contributed by atoms with Crippen molar-refractivity contribution in [3.8, 4) is 17.8 Å². The number of para-hydroxylation sites is 2. The van der Waals surface area contributed by atoms with E-state index in [0.717, 1.165) is 44.6 Å². The maximum absolute atomic E-state index is 9.74. The Bertz CT molecular complexity index is 2090. The highest BCUT2D eigenvalue weighted by atomic mass is 15.1. The van der Waals surface area contributed by atoms with E-state index in [4.69, 9.17) is 0 Å². The van der Waals surface area contributed by atoms with Crippen LogP contribution in [0.15, 0.2) is 133 Å². The number of nitrogens with zero attached hydrogens (tertiary/aromatic N) is 4. The summed E-state index contributed by atoms with van der Waals surface area (Å²) < 4.78 is 2.19. The van der Waals surface area contributed by atoms with Crippen LogP contribution in [-0.2, 0) is 0 Å². The molecule has 0 aliphatic heterocycles. The number of nitriles is 2. The van der Waals surface area contributed by atoms with E-state index in [9.17, 15) is 10.5 Å². The lowest BCUT2D eigenvalue weighted by Crippen LogP contribution is -2.09. The van der Waals surface area contributed by atoms with Crippen molar-refractivity contribution in [3.05, 3.63) is 145 Å². The van der Waals surface area contributed by atoms with E-state index < -0.39 is 0 Å². The predicted molar refractivity (Wildman–Crippen MR) is 162 cm³/mol. The first-order chi connectivity index (χ1) is 19.8. The molecule has 0 fully saturated rings. The Kier molecular flexibility index (Phi) is 5.52. The van der Waals surface area contributed by atoms with Crippen molar-refractivity contribution >= 4 is 49.6 Å². The Hall–Kier alpha value is -5.84. The molecule has 0 unspecified atom stereocenters. The molecule has 0 radical (unpaired) electrons. The van der Waals surface area contributed by atoms with Crippen LogP contribution in [0.1, 0.15) is 11.1 Å². The van der Waals surface area contributed by atoms with Crippen molar-refractivity contribution in [3.63, 3.8) is 0 Å². The summed E-state index contributed by atoms with van der Waals surface area (Å²) >= 11 is 0. The van der Waals surface area contributed by atoms with Crippen LogP contribution in [0, 0.1) is 22.7 Å².